The molecule has 226 valence electrons. The SMILES string of the molecule is CCOC(=O)C1=C(C)N=c2s/c(=C\c3cc(Br)cc(OC)c3OCc3ccc([N+](=O)[O-])cc3)c(=O)n2[C@H]1c1ccc(C)cc1. The van der Waals surface area contributed by atoms with Crippen molar-refractivity contribution in [3.05, 3.63) is 128 Å². The molecule has 1 aromatic heterocycles. The van der Waals surface area contributed by atoms with Gasteiger partial charge in [-0.2, -0.15) is 0 Å². The van der Waals surface area contributed by atoms with Gasteiger partial charge in [0.05, 0.1) is 40.5 Å². The molecule has 0 saturated heterocycles. The van der Waals surface area contributed by atoms with Crippen molar-refractivity contribution >= 4 is 45.0 Å². The number of thiazole rings is 1. The molecule has 0 saturated carbocycles. The second-order valence-corrected chi connectivity index (χ2v) is 11.9. The summed E-state index contributed by atoms with van der Waals surface area (Å²) in [4.78, 5) is 42.9. The van der Waals surface area contributed by atoms with E-state index in [0.717, 1.165) is 11.1 Å². The Balaban J connectivity index is 1.62. The number of nitro benzene ring substituents is 1. The lowest BCUT2D eigenvalue weighted by atomic mass is 9.95. The van der Waals surface area contributed by atoms with Crippen LogP contribution in [0.15, 0.2) is 86.2 Å². The van der Waals surface area contributed by atoms with E-state index in [1.165, 1.54) is 35.1 Å². The number of nitro groups is 1. The lowest BCUT2D eigenvalue weighted by Gasteiger charge is -2.24. The number of aromatic nitrogens is 1. The summed E-state index contributed by atoms with van der Waals surface area (Å²) in [5, 5.41) is 11.0. The van der Waals surface area contributed by atoms with E-state index < -0.39 is 16.9 Å². The molecule has 0 fully saturated rings. The number of rotatable bonds is 9. The fraction of sp³-hybridized carbons (Fsp3) is 0.219. The molecule has 0 amide bonds. The minimum absolute atomic E-state index is 0.0173. The molecule has 0 unspecified atom stereocenters. The van der Waals surface area contributed by atoms with Crippen LogP contribution in [0.25, 0.3) is 6.08 Å². The Labute approximate surface area is 264 Å². The fourth-order valence-corrected chi connectivity index (χ4v) is 6.36. The molecule has 10 nitrogen and oxygen atoms in total. The number of allylic oxidation sites excluding steroid dienone is 1. The Bertz CT molecular complexity index is 1960. The number of aryl methyl sites for hydroxylation is 1. The minimum atomic E-state index is -0.719. The molecule has 1 aliphatic rings. The van der Waals surface area contributed by atoms with Crippen molar-refractivity contribution in [3.63, 3.8) is 0 Å². The first-order valence-electron chi connectivity index (χ1n) is 13.6. The van der Waals surface area contributed by atoms with Crippen LogP contribution >= 0.6 is 27.3 Å². The molecule has 0 spiro atoms. The Morgan fingerprint density at radius 3 is 2.48 bits per heavy atom. The topological polar surface area (TPSA) is 122 Å². The highest BCUT2D eigenvalue weighted by atomic mass is 79.9. The number of non-ortho nitro benzene ring substituents is 1. The van der Waals surface area contributed by atoms with Crippen LogP contribution in [-0.2, 0) is 16.1 Å². The van der Waals surface area contributed by atoms with Crippen LogP contribution in [0, 0.1) is 17.0 Å². The molecule has 44 heavy (non-hydrogen) atoms. The smallest absolute Gasteiger partial charge is 0.338 e. The van der Waals surface area contributed by atoms with E-state index in [0.29, 0.717) is 47.7 Å². The number of fused-ring (bicyclic) bond motifs is 1. The number of esters is 1. The number of carbonyl (C=O) groups is 1. The highest BCUT2D eigenvalue weighted by Gasteiger charge is 2.33. The van der Waals surface area contributed by atoms with Gasteiger partial charge >= 0.3 is 5.97 Å². The molecule has 12 heteroatoms. The Hall–Kier alpha value is -4.55. The summed E-state index contributed by atoms with van der Waals surface area (Å²) in [6, 6.07) is 16.6. The van der Waals surface area contributed by atoms with E-state index in [4.69, 9.17) is 14.2 Å². The number of halogens is 1. The van der Waals surface area contributed by atoms with Gasteiger partial charge in [0.2, 0.25) is 0 Å². The molecular weight excluding hydrogens is 650 g/mol. The standard InChI is InChI=1S/C32H28BrN3O7S/c1-5-42-31(38)27-19(3)34-32-35(28(27)21-10-6-18(2)7-11-21)30(37)26(44-32)15-22-14-23(33)16-25(41-4)29(22)43-17-20-8-12-24(13-9-20)36(39)40/h6-16,28H,5,17H2,1-4H3/b26-15-/t28-/m0/s1. The van der Waals surface area contributed by atoms with Gasteiger partial charge in [0.15, 0.2) is 16.3 Å². The van der Waals surface area contributed by atoms with E-state index in [-0.39, 0.29) is 24.5 Å². The van der Waals surface area contributed by atoms with Gasteiger partial charge in [0, 0.05) is 22.2 Å². The lowest BCUT2D eigenvalue weighted by Crippen LogP contribution is -2.39. The monoisotopic (exact) mass is 677 g/mol. The minimum Gasteiger partial charge on any atom is -0.493 e. The maximum absolute atomic E-state index is 14.1. The summed E-state index contributed by atoms with van der Waals surface area (Å²) < 4.78 is 19.7. The van der Waals surface area contributed by atoms with Gasteiger partial charge in [-0.25, -0.2) is 9.79 Å². The first-order valence-corrected chi connectivity index (χ1v) is 15.2. The van der Waals surface area contributed by atoms with E-state index in [2.05, 4.69) is 20.9 Å². The van der Waals surface area contributed by atoms with Crippen molar-refractivity contribution in [1.29, 1.82) is 0 Å². The third-order valence-electron chi connectivity index (χ3n) is 7.00. The zero-order valence-electron chi connectivity index (χ0n) is 24.3. The first kappa shape index (κ1) is 30.9. The summed E-state index contributed by atoms with van der Waals surface area (Å²) in [5.41, 5.74) is 3.54. The molecule has 0 N–H and O–H groups in total. The molecule has 1 aliphatic heterocycles. The summed E-state index contributed by atoms with van der Waals surface area (Å²) in [7, 11) is 1.51. The predicted molar refractivity (Wildman–Crippen MR) is 170 cm³/mol. The van der Waals surface area contributed by atoms with E-state index in [9.17, 15) is 19.7 Å². The molecule has 5 rings (SSSR count). The normalized spacial score (nSPS) is 14.6. The van der Waals surface area contributed by atoms with E-state index in [1.54, 1.807) is 44.2 Å². The van der Waals surface area contributed by atoms with Crippen molar-refractivity contribution in [3.8, 4) is 11.5 Å². The Morgan fingerprint density at radius 1 is 1.14 bits per heavy atom. The molecule has 1 atom stereocenters. The first-order chi connectivity index (χ1) is 21.1. The number of nitrogens with zero attached hydrogens (tertiary/aromatic N) is 3. The molecule has 3 aromatic carbocycles. The van der Waals surface area contributed by atoms with Crippen LogP contribution in [0.1, 0.15) is 42.1 Å². The molecule has 0 bridgehead atoms. The molecule has 0 aliphatic carbocycles. The van der Waals surface area contributed by atoms with Gasteiger partial charge in [-0.1, -0.05) is 57.1 Å². The quantitative estimate of drug-likeness (QED) is 0.133. The van der Waals surface area contributed by atoms with Crippen LogP contribution < -0.4 is 24.4 Å². The van der Waals surface area contributed by atoms with Crippen LogP contribution in [0.2, 0.25) is 0 Å². The maximum atomic E-state index is 14.1. The van der Waals surface area contributed by atoms with Crippen LogP contribution in [0.3, 0.4) is 0 Å². The number of hydrogen-bond acceptors (Lipinski definition) is 9. The third-order valence-corrected chi connectivity index (χ3v) is 8.44. The molecular formula is C32H28BrN3O7S. The van der Waals surface area contributed by atoms with Crippen molar-refractivity contribution in [2.24, 2.45) is 4.99 Å². The van der Waals surface area contributed by atoms with Crippen molar-refractivity contribution in [2.45, 2.75) is 33.4 Å². The third kappa shape index (κ3) is 6.22. The molecule has 0 radical (unpaired) electrons. The van der Waals surface area contributed by atoms with Gasteiger partial charge in [0.1, 0.15) is 6.61 Å². The zero-order chi connectivity index (χ0) is 31.5. The number of methoxy groups -OCH3 is 1. The molecule has 2 heterocycles. The van der Waals surface area contributed by atoms with Crippen molar-refractivity contribution in [1.82, 2.24) is 4.57 Å². The molecule has 4 aromatic rings. The second kappa shape index (κ2) is 13.0. The zero-order valence-corrected chi connectivity index (χ0v) is 26.7. The van der Waals surface area contributed by atoms with E-state index in [1.807, 2.05) is 31.2 Å². The number of ether oxygens (including phenoxy) is 3. The van der Waals surface area contributed by atoms with Crippen LogP contribution in [0.5, 0.6) is 11.5 Å². The summed E-state index contributed by atoms with van der Waals surface area (Å²) >= 11 is 4.71. The predicted octanol–water partition coefficient (Wildman–Crippen LogP) is 5.37. The van der Waals surface area contributed by atoms with Gasteiger partial charge < -0.3 is 14.2 Å². The average molecular weight is 679 g/mol. The van der Waals surface area contributed by atoms with E-state index >= 15 is 0 Å². The Morgan fingerprint density at radius 2 is 1.84 bits per heavy atom. The van der Waals surface area contributed by atoms with Gasteiger partial charge in [-0.3, -0.25) is 19.5 Å². The summed E-state index contributed by atoms with van der Waals surface area (Å²) in [6.45, 7) is 5.74. The summed E-state index contributed by atoms with van der Waals surface area (Å²) in [5.74, 6) is 0.295. The number of benzene rings is 3. The van der Waals surface area contributed by atoms with Gasteiger partial charge in [-0.15, -0.1) is 0 Å². The average Bonchev–Trinajstić information content (AvgIpc) is 3.30. The second-order valence-electron chi connectivity index (χ2n) is 9.95. The van der Waals surface area contributed by atoms with Gasteiger partial charge in [0.25, 0.3) is 11.2 Å². The highest BCUT2D eigenvalue weighted by molar-refractivity contribution is 9.10. The Kier molecular flexibility index (Phi) is 9.12. The number of carbonyl (C=O) groups excluding carboxylic acids is 1. The van der Waals surface area contributed by atoms with Crippen LogP contribution in [0.4, 0.5) is 5.69 Å². The van der Waals surface area contributed by atoms with Crippen LogP contribution in [-0.4, -0.2) is 29.2 Å². The maximum Gasteiger partial charge on any atom is 0.338 e. The lowest BCUT2D eigenvalue weighted by molar-refractivity contribution is -0.384. The highest BCUT2D eigenvalue weighted by Crippen LogP contribution is 2.36. The largest absolute Gasteiger partial charge is 0.493 e. The number of hydrogen-bond donors (Lipinski definition) is 0. The van der Waals surface area contributed by atoms with Crippen molar-refractivity contribution < 1.29 is 23.9 Å². The summed E-state index contributed by atoms with van der Waals surface area (Å²) in [6.07, 6.45) is 1.71. The fourth-order valence-electron chi connectivity index (χ4n) is 4.87. The van der Waals surface area contributed by atoms with Gasteiger partial charge in [-0.05, 0) is 62.2 Å². The van der Waals surface area contributed by atoms with Crippen molar-refractivity contribution in [2.75, 3.05) is 13.7 Å².